The van der Waals surface area contributed by atoms with E-state index in [1.807, 2.05) is 12.3 Å². The second-order valence-electron chi connectivity index (χ2n) is 5.73. The second kappa shape index (κ2) is 7.31. The highest BCUT2D eigenvalue weighted by atomic mass is 35.5. The molecule has 2 N–H and O–H groups in total. The number of likely N-dealkylation sites (tertiary alicyclic amines) is 1. The normalized spacial score (nSPS) is 21.5. The molecular formula is C16H22ClN3OS. The summed E-state index contributed by atoms with van der Waals surface area (Å²) in [7, 11) is 1.72. The minimum Gasteiger partial charge on any atom is -0.497 e. The maximum atomic E-state index is 5.74. The van der Waals surface area contributed by atoms with Crippen LogP contribution in [0.3, 0.4) is 0 Å². The molecule has 1 aliphatic heterocycles. The lowest BCUT2D eigenvalue weighted by Crippen LogP contribution is -2.22. The smallest absolute Gasteiger partial charge is 0.180 e. The van der Waals surface area contributed by atoms with Crippen LogP contribution in [0, 0.1) is 5.92 Å². The van der Waals surface area contributed by atoms with Crippen molar-refractivity contribution in [3.05, 3.63) is 40.9 Å². The van der Waals surface area contributed by atoms with Gasteiger partial charge in [-0.1, -0.05) is 19.1 Å². The molecule has 0 aliphatic carbocycles. The van der Waals surface area contributed by atoms with Gasteiger partial charge in [0.1, 0.15) is 5.75 Å². The van der Waals surface area contributed by atoms with Crippen LogP contribution in [0.25, 0.3) is 0 Å². The molecule has 2 unspecified atom stereocenters. The van der Waals surface area contributed by atoms with Crippen molar-refractivity contribution >= 4 is 28.9 Å². The summed E-state index contributed by atoms with van der Waals surface area (Å²) >= 11 is 1.58. The number of nitrogen functional groups attached to an aromatic ring is 1. The van der Waals surface area contributed by atoms with Gasteiger partial charge in [-0.3, -0.25) is 4.90 Å². The Morgan fingerprint density at radius 3 is 2.95 bits per heavy atom. The fraction of sp³-hybridized carbons (Fsp3) is 0.438. The Hall–Kier alpha value is -1.30. The third-order valence-corrected chi connectivity index (χ3v) is 4.83. The molecule has 3 rings (SSSR count). The third-order valence-electron chi connectivity index (χ3n) is 4.02. The van der Waals surface area contributed by atoms with E-state index >= 15 is 0 Å². The second-order valence-corrected chi connectivity index (χ2v) is 6.87. The number of benzene rings is 1. The van der Waals surface area contributed by atoms with Gasteiger partial charge >= 0.3 is 0 Å². The number of nitrogens with two attached hydrogens (primary N) is 1. The fourth-order valence-corrected chi connectivity index (χ4v) is 3.81. The number of anilines is 1. The number of thiazole rings is 1. The number of aromatic nitrogens is 1. The molecule has 2 aromatic rings. The summed E-state index contributed by atoms with van der Waals surface area (Å²) in [6, 6.07) is 8.85. The van der Waals surface area contributed by atoms with Gasteiger partial charge < -0.3 is 10.5 Å². The first kappa shape index (κ1) is 17.1. The summed E-state index contributed by atoms with van der Waals surface area (Å²) in [6.45, 7) is 4.34. The molecule has 1 aromatic carbocycles. The molecule has 0 saturated carbocycles. The Bertz CT molecular complexity index is 619. The zero-order valence-corrected chi connectivity index (χ0v) is 14.5. The predicted octanol–water partition coefficient (Wildman–Crippen LogP) is 3.74. The Morgan fingerprint density at radius 2 is 2.27 bits per heavy atom. The van der Waals surface area contributed by atoms with Crippen molar-refractivity contribution in [2.75, 3.05) is 19.4 Å². The molecule has 0 radical (unpaired) electrons. The van der Waals surface area contributed by atoms with E-state index in [4.69, 9.17) is 10.5 Å². The summed E-state index contributed by atoms with van der Waals surface area (Å²) in [5.74, 6) is 1.63. The van der Waals surface area contributed by atoms with Crippen LogP contribution >= 0.6 is 23.7 Å². The van der Waals surface area contributed by atoms with Gasteiger partial charge in [-0.2, -0.15) is 0 Å². The molecule has 0 amide bonds. The summed E-state index contributed by atoms with van der Waals surface area (Å²) in [4.78, 5) is 7.90. The van der Waals surface area contributed by atoms with E-state index in [0.717, 1.165) is 18.8 Å². The molecule has 1 aromatic heterocycles. The maximum Gasteiger partial charge on any atom is 0.180 e. The van der Waals surface area contributed by atoms with Gasteiger partial charge in [0.05, 0.1) is 7.11 Å². The average Bonchev–Trinajstić information content (AvgIpc) is 3.05. The number of nitrogens with zero attached hydrogens (tertiary/aromatic N) is 2. The van der Waals surface area contributed by atoms with Crippen LogP contribution in [0.4, 0.5) is 5.13 Å². The lowest BCUT2D eigenvalue weighted by atomic mass is 10.0. The highest BCUT2D eigenvalue weighted by molar-refractivity contribution is 7.15. The van der Waals surface area contributed by atoms with Gasteiger partial charge in [0.25, 0.3) is 0 Å². The Labute approximate surface area is 141 Å². The summed E-state index contributed by atoms with van der Waals surface area (Å²) in [5.41, 5.74) is 7.07. The molecule has 1 saturated heterocycles. The highest BCUT2D eigenvalue weighted by Crippen LogP contribution is 2.37. The molecule has 120 valence electrons. The van der Waals surface area contributed by atoms with E-state index in [0.29, 0.717) is 17.1 Å². The van der Waals surface area contributed by atoms with E-state index < -0.39 is 0 Å². The summed E-state index contributed by atoms with van der Waals surface area (Å²) in [5, 5.41) is 0.648. The van der Waals surface area contributed by atoms with Gasteiger partial charge in [-0.05, 0) is 30.0 Å². The molecule has 2 atom stereocenters. The highest BCUT2D eigenvalue weighted by Gasteiger charge is 2.31. The largest absolute Gasteiger partial charge is 0.497 e. The van der Waals surface area contributed by atoms with Crippen molar-refractivity contribution < 1.29 is 4.74 Å². The van der Waals surface area contributed by atoms with Crippen LogP contribution in [0.2, 0.25) is 0 Å². The molecule has 6 heteroatoms. The van der Waals surface area contributed by atoms with E-state index in [-0.39, 0.29) is 12.4 Å². The Balaban J connectivity index is 0.00000176. The fourth-order valence-electron chi connectivity index (χ4n) is 3.10. The van der Waals surface area contributed by atoms with Crippen molar-refractivity contribution in [2.24, 2.45) is 5.92 Å². The first-order valence-corrected chi connectivity index (χ1v) is 8.05. The van der Waals surface area contributed by atoms with Crippen molar-refractivity contribution in [3.8, 4) is 5.75 Å². The van der Waals surface area contributed by atoms with Crippen LogP contribution in [0.5, 0.6) is 5.75 Å². The van der Waals surface area contributed by atoms with Gasteiger partial charge in [0.2, 0.25) is 0 Å². The molecule has 1 fully saturated rings. The lowest BCUT2D eigenvalue weighted by Gasteiger charge is -2.24. The Kier molecular flexibility index (Phi) is 5.67. The molecule has 0 bridgehead atoms. The minimum absolute atomic E-state index is 0. The van der Waals surface area contributed by atoms with Crippen molar-refractivity contribution in [3.63, 3.8) is 0 Å². The maximum absolute atomic E-state index is 5.74. The monoisotopic (exact) mass is 339 g/mol. The van der Waals surface area contributed by atoms with Gasteiger partial charge in [0.15, 0.2) is 5.13 Å². The number of hydrogen-bond acceptors (Lipinski definition) is 5. The molecule has 4 nitrogen and oxygen atoms in total. The van der Waals surface area contributed by atoms with Gasteiger partial charge in [0, 0.05) is 30.2 Å². The first-order chi connectivity index (χ1) is 10.2. The zero-order chi connectivity index (χ0) is 14.8. The summed E-state index contributed by atoms with van der Waals surface area (Å²) in [6.07, 6.45) is 3.08. The predicted molar refractivity (Wildman–Crippen MR) is 93.7 cm³/mol. The number of methoxy groups -OCH3 is 1. The summed E-state index contributed by atoms with van der Waals surface area (Å²) < 4.78 is 5.36. The quantitative estimate of drug-likeness (QED) is 0.922. The van der Waals surface area contributed by atoms with Crippen LogP contribution in [-0.4, -0.2) is 23.5 Å². The SMILES string of the molecule is COc1cccc(C2CC(C)CN2Cc2cnc(N)s2)c1.Cl. The van der Waals surface area contributed by atoms with Crippen LogP contribution in [0.15, 0.2) is 30.5 Å². The first-order valence-electron chi connectivity index (χ1n) is 7.24. The van der Waals surface area contributed by atoms with Gasteiger partial charge in [-0.25, -0.2) is 4.98 Å². The average molecular weight is 340 g/mol. The number of hydrogen-bond donors (Lipinski definition) is 1. The molecule has 0 spiro atoms. The number of halogens is 1. The van der Waals surface area contributed by atoms with E-state index in [1.54, 1.807) is 18.4 Å². The van der Waals surface area contributed by atoms with Crippen LogP contribution in [-0.2, 0) is 6.54 Å². The van der Waals surface area contributed by atoms with Gasteiger partial charge in [-0.15, -0.1) is 23.7 Å². The van der Waals surface area contributed by atoms with Crippen LogP contribution < -0.4 is 10.5 Å². The minimum atomic E-state index is 0. The zero-order valence-electron chi connectivity index (χ0n) is 12.9. The van der Waals surface area contributed by atoms with E-state index in [2.05, 4.69) is 35.0 Å². The number of rotatable bonds is 4. The molecule has 2 heterocycles. The van der Waals surface area contributed by atoms with Crippen LogP contribution in [0.1, 0.15) is 29.8 Å². The van der Waals surface area contributed by atoms with Crippen molar-refractivity contribution in [1.82, 2.24) is 9.88 Å². The number of ether oxygens (including phenoxy) is 1. The van der Waals surface area contributed by atoms with E-state index in [9.17, 15) is 0 Å². The van der Waals surface area contributed by atoms with Crippen molar-refractivity contribution in [1.29, 1.82) is 0 Å². The van der Waals surface area contributed by atoms with Crippen molar-refractivity contribution in [2.45, 2.75) is 25.9 Å². The van der Waals surface area contributed by atoms with E-state index in [1.165, 1.54) is 16.9 Å². The standard InChI is InChI=1S/C16H21N3OS.ClH/c1-11-6-15(12-4-3-5-13(7-12)20-2)19(9-11)10-14-8-18-16(17)21-14;/h3-5,7-8,11,15H,6,9-10H2,1-2H3,(H2,17,18);1H. The molecule has 1 aliphatic rings. The molecule has 22 heavy (non-hydrogen) atoms. The topological polar surface area (TPSA) is 51.4 Å². The molecular weight excluding hydrogens is 318 g/mol. The Morgan fingerprint density at radius 1 is 1.45 bits per heavy atom. The third kappa shape index (κ3) is 3.72. The lowest BCUT2D eigenvalue weighted by molar-refractivity contribution is 0.247.